The first kappa shape index (κ1) is 14.5. The molecule has 0 atom stereocenters. The number of alkyl halides is 6. The van der Waals surface area contributed by atoms with Gasteiger partial charge in [0, 0.05) is 6.07 Å². The SMILES string of the molecule is O=S(=O)(Oc1cccc(C(F)(F)F)n1)C(F)(F)F. The molecule has 1 aromatic heterocycles. The minimum absolute atomic E-state index is 0.451. The van der Waals surface area contributed by atoms with Crippen molar-refractivity contribution < 1.29 is 38.9 Å². The fraction of sp³-hybridized carbons (Fsp3) is 0.286. The van der Waals surface area contributed by atoms with Gasteiger partial charge in [-0.3, -0.25) is 0 Å². The van der Waals surface area contributed by atoms with E-state index in [1.165, 1.54) is 0 Å². The zero-order valence-corrected chi connectivity index (χ0v) is 8.90. The summed E-state index contributed by atoms with van der Waals surface area (Å²) >= 11 is 0. The van der Waals surface area contributed by atoms with Gasteiger partial charge in [-0.2, -0.15) is 34.8 Å². The molecule has 0 aliphatic heterocycles. The monoisotopic (exact) mass is 295 g/mol. The number of hydrogen-bond donors (Lipinski definition) is 0. The van der Waals surface area contributed by atoms with E-state index >= 15 is 0 Å². The zero-order chi connectivity index (χ0) is 14.2. The summed E-state index contributed by atoms with van der Waals surface area (Å²) in [6.45, 7) is 0. The second-order valence-corrected chi connectivity index (χ2v) is 4.38. The van der Waals surface area contributed by atoms with Crippen molar-refractivity contribution in [1.29, 1.82) is 0 Å². The molecule has 0 N–H and O–H groups in total. The van der Waals surface area contributed by atoms with Gasteiger partial charge in [-0.15, -0.1) is 0 Å². The van der Waals surface area contributed by atoms with Gasteiger partial charge < -0.3 is 4.18 Å². The molecular formula is C7H3F6NO3S. The maximum Gasteiger partial charge on any atom is 0.534 e. The number of pyridine rings is 1. The maximum absolute atomic E-state index is 12.1. The van der Waals surface area contributed by atoms with E-state index in [-0.39, 0.29) is 0 Å². The predicted octanol–water partition coefficient (Wildman–Crippen LogP) is 2.33. The van der Waals surface area contributed by atoms with Crippen molar-refractivity contribution in [2.24, 2.45) is 0 Å². The summed E-state index contributed by atoms with van der Waals surface area (Å²) in [5, 5.41) is 0. The topological polar surface area (TPSA) is 56.3 Å². The average Bonchev–Trinajstić information content (AvgIpc) is 2.14. The smallest absolute Gasteiger partial charge is 0.355 e. The number of halogens is 6. The number of hydrogen-bond acceptors (Lipinski definition) is 4. The molecule has 1 aromatic rings. The van der Waals surface area contributed by atoms with E-state index in [4.69, 9.17) is 0 Å². The van der Waals surface area contributed by atoms with Gasteiger partial charge in [0.05, 0.1) is 0 Å². The molecule has 0 aliphatic rings. The van der Waals surface area contributed by atoms with Crippen molar-refractivity contribution in [3.63, 3.8) is 0 Å². The third-order valence-electron chi connectivity index (χ3n) is 1.49. The third kappa shape index (κ3) is 3.24. The van der Waals surface area contributed by atoms with Crippen LogP contribution in [-0.2, 0) is 16.3 Å². The van der Waals surface area contributed by atoms with E-state index in [0.717, 1.165) is 0 Å². The van der Waals surface area contributed by atoms with Crippen molar-refractivity contribution >= 4 is 10.1 Å². The Kier molecular flexibility index (Phi) is 3.47. The molecule has 4 nitrogen and oxygen atoms in total. The van der Waals surface area contributed by atoms with Gasteiger partial charge in [-0.1, -0.05) is 6.07 Å². The number of rotatable bonds is 2. The van der Waals surface area contributed by atoms with Crippen LogP contribution < -0.4 is 4.18 Å². The van der Waals surface area contributed by atoms with E-state index in [0.29, 0.717) is 18.2 Å². The highest BCUT2D eigenvalue weighted by atomic mass is 32.2. The van der Waals surface area contributed by atoms with E-state index in [1.54, 1.807) is 0 Å². The van der Waals surface area contributed by atoms with Gasteiger partial charge in [0.25, 0.3) is 0 Å². The van der Waals surface area contributed by atoms with Crippen LogP contribution in [0, 0.1) is 0 Å². The highest BCUT2D eigenvalue weighted by Crippen LogP contribution is 2.30. The summed E-state index contributed by atoms with van der Waals surface area (Å²) in [5.74, 6) is -1.32. The fourth-order valence-corrected chi connectivity index (χ4v) is 1.19. The summed E-state index contributed by atoms with van der Waals surface area (Å²) < 4.78 is 96.6. The summed E-state index contributed by atoms with van der Waals surface area (Å²) in [5.41, 5.74) is -7.32. The molecule has 0 fully saturated rings. The standard InChI is InChI=1S/C7H3F6NO3S/c8-6(9,10)4-2-1-3-5(14-4)17-18(15,16)7(11,12)13/h1-3H. The van der Waals surface area contributed by atoms with E-state index in [1.807, 2.05) is 0 Å². The molecule has 0 unspecified atom stereocenters. The van der Waals surface area contributed by atoms with Crippen LogP contribution in [0.15, 0.2) is 18.2 Å². The van der Waals surface area contributed by atoms with Crippen molar-refractivity contribution in [2.75, 3.05) is 0 Å². The van der Waals surface area contributed by atoms with Crippen LogP contribution in [0.4, 0.5) is 26.3 Å². The Morgan fingerprint density at radius 3 is 2.06 bits per heavy atom. The first-order valence-electron chi connectivity index (χ1n) is 3.98. The third-order valence-corrected chi connectivity index (χ3v) is 2.45. The van der Waals surface area contributed by atoms with Crippen molar-refractivity contribution in [2.45, 2.75) is 11.7 Å². The molecule has 1 rings (SSSR count). The highest BCUT2D eigenvalue weighted by molar-refractivity contribution is 7.87. The second kappa shape index (κ2) is 4.30. The van der Waals surface area contributed by atoms with Crippen molar-refractivity contribution in [1.82, 2.24) is 4.98 Å². The Morgan fingerprint density at radius 1 is 1.06 bits per heavy atom. The lowest BCUT2D eigenvalue weighted by Gasteiger charge is -2.10. The van der Waals surface area contributed by atoms with Crippen LogP contribution in [0.2, 0.25) is 0 Å². The molecule has 1 heterocycles. The maximum atomic E-state index is 12.1. The molecule has 0 spiro atoms. The normalized spacial score (nSPS) is 13.4. The first-order valence-corrected chi connectivity index (χ1v) is 5.39. The lowest BCUT2D eigenvalue weighted by Crippen LogP contribution is -2.28. The van der Waals surface area contributed by atoms with Crippen LogP contribution >= 0.6 is 0 Å². The average molecular weight is 295 g/mol. The minimum atomic E-state index is -6.04. The number of aromatic nitrogens is 1. The summed E-state index contributed by atoms with van der Waals surface area (Å²) in [7, 11) is -6.04. The Hall–Kier alpha value is -1.52. The molecule has 0 amide bonds. The first-order chi connectivity index (χ1) is 7.93. The van der Waals surface area contributed by atoms with Crippen LogP contribution in [-0.4, -0.2) is 18.9 Å². The Labute approximate surface area is 96.3 Å². The predicted molar refractivity (Wildman–Crippen MR) is 44.8 cm³/mol. The lowest BCUT2D eigenvalue weighted by molar-refractivity contribution is -0.141. The van der Waals surface area contributed by atoms with Crippen LogP contribution in [0.5, 0.6) is 5.88 Å². The minimum Gasteiger partial charge on any atom is -0.355 e. The van der Waals surface area contributed by atoms with Gasteiger partial charge in [0.1, 0.15) is 5.69 Å². The highest BCUT2D eigenvalue weighted by Gasteiger charge is 2.49. The Bertz CT molecular complexity index is 535. The van der Waals surface area contributed by atoms with Gasteiger partial charge in [0.2, 0.25) is 5.88 Å². The van der Waals surface area contributed by atoms with Crippen molar-refractivity contribution in [3.8, 4) is 5.88 Å². The molecule has 0 radical (unpaired) electrons. The fourth-order valence-electron chi connectivity index (χ4n) is 0.779. The summed E-state index contributed by atoms with van der Waals surface area (Å²) in [6, 6.07) is 1.67. The molecule has 0 saturated carbocycles. The number of nitrogens with zero attached hydrogens (tertiary/aromatic N) is 1. The summed E-state index contributed by atoms with van der Waals surface area (Å²) in [6.07, 6.45) is -4.93. The summed E-state index contributed by atoms with van der Waals surface area (Å²) in [4.78, 5) is 2.62. The van der Waals surface area contributed by atoms with Crippen LogP contribution in [0.25, 0.3) is 0 Å². The van der Waals surface area contributed by atoms with Gasteiger partial charge >= 0.3 is 21.8 Å². The molecule has 0 aliphatic carbocycles. The molecule has 102 valence electrons. The molecule has 0 bridgehead atoms. The lowest BCUT2D eigenvalue weighted by atomic mass is 10.3. The van der Waals surface area contributed by atoms with Crippen LogP contribution in [0.1, 0.15) is 5.69 Å². The van der Waals surface area contributed by atoms with E-state index in [2.05, 4.69) is 9.17 Å². The van der Waals surface area contributed by atoms with Crippen molar-refractivity contribution in [3.05, 3.63) is 23.9 Å². The molecule has 0 aromatic carbocycles. The van der Waals surface area contributed by atoms with E-state index in [9.17, 15) is 34.8 Å². The Balaban J connectivity index is 3.08. The van der Waals surface area contributed by atoms with Gasteiger partial charge in [-0.05, 0) is 6.07 Å². The molecule has 11 heteroatoms. The quantitative estimate of drug-likeness (QED) is 0.477. The van der Waals surface area contributed by atoms with Gasteiger partial charge in [-0.25, -0.2) is 4.98 Å². The van der Waals surface area contributed by atoms with Crippen LogP contribution in [0.3, 0.4) is 0 Å². The van der Waals surface area contributed by atoms with Gasteiger partial charge in [0.15, 0.2) is 0 Å². The largest absolute Gasteiger partial charge is 0.534 e. The molecular weight excluding hydrogens is 292 g/mol. The second-order valence-electron chi connectivity index (χ2n) is 2.84. The molecule has 0 saturated heterocycles. The molecule has 18 heavy (non-hydrogen) atoms. The van der Waals surface area contributed by atoms with E-state index < -0.39 is 33.4 Å². The zero-order valence-electron chi connectivity index (χ0n) is 8.08. The Morgan fingerprint density at radius 2 is 1.61 bits per heavy atom.